The van der Waals surface area contributed by atoms with Gasteiger partial charge in [0.15, 0.2) is 0 Å². The van der Waals surface area contributed by atoms with E-state index in [-0.39, 0.29) is 101 Å². The van der Waals surface area contributed by atoms with Gasteiger partial charge in [-0.3, -0.25) is 4.52 Å². The number of unbranched alkanes of at least 4 members (excludes halogenated alkanes) is 1. The van der Waals surface area contributed by atoms with Crippen LogP contribution in [0.25, 0.3) is 0 Å². The zero-order valence-corrected chi connectivity index (χ0v) is 9.17. The molecule has 0 aliphatic carbocycles. The van der Waals surface area contributed by atoms with Crippen LogP contribution in [0.2, 0.25) is 0 Å². The van der Waals surface area contributed by atoms with Crippen molar-refractivity contribution in [2.24, 2.45) is 5.92 Å². The maximum atomic E-state index is 10.4. The van der Waals surface area contributed by atoms with Gasteiger partial charge in [0.05, 0.1) is 6.61 Å². The molecule has 1 atom stereocenters. The van der Waals surface area contributed by atoms with E-state index in [9.17, 15) is 4.57 Å². The summed E-state index contributed by atoms with van der Waals surface area (Å²) in [5, 5.41) is 0. The van der Waals surface area contributed by atoms with Crippen LogP contribution in [-0.2, 0) is 9.09 Å². The van der Waals surface area contributed by atoms with Gasteiger partial charge in [-0.15, -0.1) is 0 Å². The average Bonchev–Trinajstić information content (AvgIpc) is 2.03. The molecule has 0 heterocycles. The summed E-state index contributed by atoms with van der Waals surface area (Å²) in [5.74, 6) is 0.271. The van der Waals surface area contributed by atoms with Crippen LogP contribution in [0, 0.1) is 5.92 Å². The Bertz CT molecular complexity index is 177. The Morgan fingerprint density at radius 2 is 1.69 bits per heavy atom. The Labute approximate surface area is 165 Å². The topological polar surface area (TPSA) is 66.8 Å². The molecule has 2 N–H and O–H groups in total. The van der Waals surface area contributed by atoms with E-state index in [1.807, 2.05) is 6.92 Å². The summed E-state index contributed by atoms with van der Waals surface area (Å²) in [6, 6.07) is 0. The molecule has 16 heavy (non-hydrogen) atoms. The van der Waals surface area contributed by atoms with Crippen LogP contribution < -0.4 is 0 Å². The number of hydrogen-bond donors (Lipinski definition) is 2. The quantitative estimate of drug-likeness (QED) is 0.523. The molecule has 86 valence electrons. The van der Waals surface area contributed by atoms with E-state index >= 15 is 0 Å². The zero-order valence-electron chi connectivity index (χ0n) is 8.27. The summed E-state index contributed by atoms with van der Waals surface area (Å²) in [6.07, 6.45) is 4.07. The van der Waals surface area contributed by atoms with Crippen molar-refractivity contribution in [2.75, 3.05) is 6.61 Å². The van der Waals surface area contributed by atoms with Crippen LogP contribution in [0.15, 0.2) is 0 Å². The summed E-state index contributed by atoms with van der Waals surface area (Å²) in [5.41, 5.74) is 0. The Morgan fingerprint density at radius 1 is 1.19 bits per heavy atom. The van der Waals surface area contributed by atoms with Crippen molar-refractivity contribution < 1.29 is 18.9 Å². The van der Waals surface area contributed by atoms with Gasteiger partial charge in [-0.05, 0) is 12.3 Å². The molecule has 8 heteroatoms. The van der Waals surface area contributed by atoms with Gasteiger partial charge in [-0.25, -0.2) is 4.57 Å². The molecule has 1 unspecified atom stereocenters. The molecular formula is C8H22Na3O4P. The molecule has 4 nitrogen and oxygen atoms in total. The fraction of sp³-hybridized carbons (Fsp3) is 1.00. The zero-order chi connectivity index (χ0) is 10.3. The van der Waals surface area contributed by atoms with E-state index < -0.39 is 7.82 Å². The molecule has 0 bridgehead atoms. The van der Waals surface area contributed by atoms with Crippen LogP contribution in [-0.4, -0.2) is 105 Å². The summed E-state index contributed by atoms with van der Waals surface area (Å²) >= 11 is 0. The molecular weight excluding hydrogens is 260 g/mol. The number of phosphoric ester groups is 1. The van der Waals surface area contributed by atoms with Gasteiger partial charge in [0, 0.05) is 0 Å². The van der Waals surface area contributed by atoms with Gasteiger partial charge in [0.1, 0.15) is 0 Å². The van der Waals surface area contributed by atoms with Gasteiger partial charge < -0.3 is 9.79 Å². The predicted molar refractivity (Wildman–Crippen MR) is 72.7 cm³/mol. The average molecular weight is 282 g/mol. The second kappa shape index (κ2) is 16.2. The minimum absolute atomic E-state index is 0. The first-order valence-corrected chi connectivity index (χ1v) is 6.22. The molecule has 0 aliphatic rings. The van der Waals surface area contributed by atoms with Gasteiger partial charge in [0.2, 0.25) is 0 Å². The van der Waals surface area contributed by atoms with E-state index in [0.29, 0.717) is 0 Å². The van der Waals surface area contributed by atoms with Crippen LogP contribution in [0.5, 0.6) is 0 Å². The van der Waals surface area contributed by atoms with Crippen LogP contribution in [0.3, 0.4) is 0 Å². The summed E-state index contributed by atoms with van der Waals surface area (Å²) in [7, 11) is -4.26. The van der Waals surface area contributed by atoms with Crippen LogP contribution in [0.4, 0.5) is 0 Å². The van der Waals surface area contributed by atoms with Crippen LogP contribution in [0.1, 0.15) is 39.5 Å². The molecule has 0 aromatic carbocycles. The predicted octanol–water partition coefficient (Wildman–Crippen LogP) is 0.367. The first-order valence-electron chi connectivity index (χ1n) is 4.69. The number of phosphoric acid groups is 1. The number of rotatable bonds is 7. The Balaban J connectivity index is -0.000000240. The first-order chi connectivity index (χ1) is 5.99. The third-order valence-electron chi connectivity index (χ3n) is 2.02. The molecule has 0 saturated carbocycles. The van der Waals surface area contributed by atoms with Crippen molar-refractivity contribution in [1.29, 1.82) is 0 Å². The molecule has 0 saturated heterocycles. The molecule has 0 spiro atoms. The van der Waals surface area contributed by atoms with Gasteiger partial charge in [-0.2, -0.15) is 0 Å². The van der Waals surface area contributed by atoms with E-state index in [2.05, 4.69) is 11.4 Å². The van der Waals surface area contributed by atoms with Crippen molar-refractivity contribution >= 4 is 96.5 Å². The Kier molecular flexibility index (Phi) is 27.7. The van der Waals surface area contributed by atoms with Gasteiger partial charge >= 0.3 is 96.5 Å². The molecule has 0 radical (unpaired) electrons. The standard InChI is InChI=1S/C8H19O4P.3Na.3H/c1-3-5-6-8(4-2)7-12-13(9,10)11;;;;;;/h8H,3-7H2,1-2H3,(H2,9,10,11);;;;;;. The maximum absolute atomic E-state index is 10.4. The summed E-state index contributed by atoms with van der Waals surface area (Å²) in [6.45, 7) is 4.26. The van der Waals surface area contributed by atoms with E-state index in [1.165, 1.54) is 0 Å². The molecule has 0 rings (SSSR count). The molecule has 0 aromatic rings. The summed E-state index contributed by atoms with van der Waals surface area (Å²) < 4.78 is 14.8. The fourth-order valence-corrected chi connectivity index (χ4v) is 1.51. The monoisotopic (exact) mass is 282 g/mol. The van der Waals surface area contributed by atoms with Crippen molar-refractivity contribution in [1.82, 2.24) is 0 Å². The molecule has 0 aromatic heterocycles. The Morgan fingerprint density at radius 3 is 2.00 bits per heavy atom. The number of hydrogen-bond acceptors (Lipinski definition) is 2. The van der Waals surface area contributed by atoms with Gasteiger partial charge in [0.25, 0.3) is 0 Å². The summed E-state index contributed by atoms with van der Waals surface area (Å²) in [4.78, 5) is 17.0. The van der Waals surface area contributed by atoms with E-state index in [1.54, 1.807) is 0 Å². The van der Waals surface area contributed by atoms with E-state index in [4.69, 9.17) is 9.79 Å². The Hall–Kier alpha value is 3.11. The molecule has 0 amide bonds. The third-order valence-corrected chi connectivity index (χ3v) is 2.51. The normalized spacial score (nSPS) is 11.8. The third kappa shape index (κ3) is 19.4. The first kappa shape index (κ1) is 27.5. The minimum atomic E-state index is -4.26. The van der Waals surface area contributed by atoms with Crippen molar-refractivity contribution in [3.63, 3.8) is 0 Å². The molecule has 0 aliphatic heterocycles. The second-order valence-corrected chi connectivity index (χ2v) is 4.44. The SMILES string of the molecule is CCCCC(CC)COP(=O)(O)O.[NaH].[NaH].[NaH]. The van der Waals surface area contributed by atoms with Crippen molar-refractivity contribution in [3.8, 4) is 0 Å². The molecule has 0 fully saturated rings. The fourth-order valence-electron chi connectivity index (χ4n) is 1.10. The second-order valence-electron chi connectivity index (χ2n) is 3.20. The van der Waals surface area contributed by atoms with Gasteiger partial charge in [-0.1, -0.05) is 33.1 Å². The van der Waals surface area contributed by atoms with E-state index in [0.717, 1.165) is 25.7 Å². The van der Waals surface area contributed by atoms with Crippen molar-refractivity contribution in [3.05, 3.63) is 0 Å². The van der Waals surface area contributed by atoms with Crippen LogP contribution >= 0.6 is 7.82 Å². The van der Waals surface area contributed by atoms with Crippen molar-refractivity contribution in [2.45, 2.75) is 39.5 Å².